The zero-order valence-corrected chi connectivity index (χ0v) is 11.2. The van der Waals surface area contributed by atoms with E-state index in [0.29, 0.717) is 32.6 Å². The molecule has 1 aliphatic rings. The van der Waals surface area contributed by atoms with Crippen LogP contribution in [0.5, 0.6) is 0 Å². The first-order valence-corrected chi connectivity index (χ1v) is 5.94. The van der Waals surface area contributed by atoms with Crippen molar-refractivity contribution in [2.24, 2.45) is 5.41 Å². The Hall–Kier alpha value is -1.26. The van der Waals surface area contributed by atoms with Crippen LogP contribution in [-0.4, -0.2) is 55.1 Å². The highest BCUT2D eigenvalue weighted by atomic mass is 16.5. The Morgan fingerprint density at radius 3 is 1.94 bits per heavy atom. The van der Waals surface area contributed by atoms with Gasteiger partial charge in [0.2, 0.25) is 5.91 Å². The van der Waals surface area contributed by atoms with Crippen LogP contribution in [-0.2, 0) is 9.53 Å². The second-order valence-electron chi connectivity index (χ2n) is 5.58. The molecular formula is C12H22N2O3. The molecule has 0 unspecified atom stereocenters. The molecule has 0 saturated carbocycles. The maximum absolute atomic E-state index is 12.0. The van der Waals surface area contributed by atoms with Gasteiger partial charge in [-0.05, 0) is 5.41 Å². The highest BCUT2D eigenvalue weighted by Gasteiger charge is 2.26. The Labute approximate surface area is 103 Å². The van der Waals surface area contributed by atoms with Crippen molar-refractivity contribution in [1.29, 1.82) is 0 Å². The zero-order chi connectivity index (χ0) is 13.1. The van der Waals surface area contributed by atoms with Crippen LogP contribution in [0.4, 0.5) is 4.79 Å². The summed E-state index contributed by atoms with van der Waals surface area (Å²) in [5.74, 6) is 0.169. The second-order valence-corrected chi connectivity index (χ2v) is 5.58. The van der Waals surface area contributed by atoms with Gasteiger partial charge < -0.3 is 14.5 Å². The predicted molar refractivity (Wildman–Crippen MR) is 64.6 cm³/mol. The molecule has 0 atom stereocenters. The van der Waals surface area contributed by atoms with E-state index in [9.17, 15) is 9.59 Å². The van der Waals surface area contributed by atoms with Gasteiger partial charge in [-0.25, -0.2) is 4.79 Å². The normalized spacial score (nSPS) is 16.9. The Morgan fingerprint density at radius 2 is 1.53 bits per heavy atom. The number of ether oxygens (including phenoxy) is 1. The molecule has 5 heteroatoms. The predicted octanol–water partition coefficient (Wildman–Crippen LogP) is 1.33. The lowest BCUT2D eigenvalue weighted by Gasteiger charge is -2.35. The average molecular weight is 242 g/mol. The van der Waals surface area contributed by atoms with E-state index in [4.69, 9.17) is 0 Å². The molecule has 0 aliphatic carbocycles. The molecule has 0 bridgehead atoms. The molecule has 1 aliphatic heterocycles. The molecule has 2 amide bonds. The van der Waals surface area contributed by atoms with E-state index >= 15 is 0 Å². The van der Waals surface area contributed by atoms with Crippen molar-refractivity contribution in [1.82, 2.24) is 9.80 Å². The summed E-state index contributed by atoms with van der Waals surface area (Å²) >= 11 is 0. The summed E-state index contributed by atoms with van der Waals surface area (Å²) in [5, 5.41) is 0. The highest BCUT2D eigenvalue weighted by molar-refractivity contribution is 5.77. The molecule has 1 rings (SSSR count). The summed E-state index contributed by atoms with van der Waals surface area (Å²) in [5.41, 5.74) is 0.0105. The van der Waals surface area contributed by atoms with Crippen LogP contribution in [0, 0.1) is 5.41 Å². The number of amides is 2. The van der Waals surface area contributed by atoms with E-state index < -0.39 is 0 Å². The lowest BCUT2D eigenvalue weighted by molar-refractivity contribution is -0.134. The smallest absolute Gasteiger partial charge is 0.409 e. The van der Waals surface area contributed by atoms with E-state index in [2.05, 4.69) is 25.5 Å². The summed E-state index contributed by atoms with van der Waals surface area (Å²) < 4.78 is 4.65. The molecule has 0 spiro atoms. The minimum absolute atomic E-state index is 0.0105. The third-order valence-electron chi connectivity index (χ3n) is 2.75. The van der Waals surface area contributed by atoms with Gasteiger partial charge in [0, 0.05) is 32.6 Å². The van der Waals surface area contributed by atoms with Gasteiger partial charge in [0.1, 0.15) is 0 Å². The molecule has 0 radical (unpaired) electrons. The molecule has 0 N–H and O–H groups in total. The van der Waals surface area contributed by atoms with Gasteiger partial charge in [0.05, 0.1) is 7.11 Å². The number of carbonyl (C=O) groups is 2. The van der Waals surface area contributed by atoms with E-state index in [0.717, 1.165) is 0 Å². The van der Waals surface area contributed by atoms with Gasteiger partial charge in [0.25, 0.3) is 0 Å². The number of piperazine rings is 1. The summed E-state index contributed by atoms with van der Waals surface area (Å²) in [4.78, 5) is 26.7. The SMILES string of the molecule is COC(=O)N1CCN(C(=O)CC(C)(C)C)CC1. The lowest BCUT2D eigenvalue weighted by atomic mass is 9.91. The third-order valence-corrected chi connectivity index (χ3v) is 2.75. The van der Waals surface area contributed by atoms with Crippen LogP contribution in [0.3, 0.4) is 0 Å². The molecule has 0 aromatic heterocycles. The number of hydrogen-bond acceptors (Lipinski definition) is 3. The second kappa shape index (κ2) is 5.38. The van der Waals surface area contributed by atoms with Crippen LogP contribution in [0.1, 0.15) is 27.2 Å². The number of methoxy groups -OCH3 is 1. The zero-order valence-electron chi connectivity index (χ0n) is 11.2. The standard InChI is InChI=1S/C12H22N2O3/c1-12(2,3)9-10(15)13-5-7-14(8-6-13)11(16)17-4/h5-9H2,1-4H3. The van der Waals surface area contributed by atoms with E-state index in [1.54, 1.807) is 4.90 Å². The fourth-order valence-electron chi connectivity index (χ4n) is 1.83. The molecular weight excluding hydrogens is 220 g/mol. The Balaban J connectivity index is 2.42. The fourth-order valence-corrected chi connectivity index (χ4v) is 1.83. The quantitative estimate of drug-likeness (QED) is 0.697. The monoisotopic (exact) mass is 242 g/mol. The molecule has 1 fully saturated rings. The summed E-state index contributed by atoms with van der Waals surface area (Å²) in [6.07, 6.45) is 0.235. The molecule has 1 heterocycles. The Morgan fingerprint density at radius 1 is 1.06 bits per heavy atom. The van der Waals surface area contributed by atoms with Crippen molar-refractivity contribution in [3.8, 4) is 0 Å². The largest absolute Gasteiger partial charge is 0.453 e. The first-order chi connectivity index (χ1) is 7.83. The van der Waals surface area contributed by atoms with Crippen molar-refractivity contribution >= 4 is 12.0 Å². The summed E-state index contributed by atoms with van der Waals surface area (Å²) in [6.45, 7) is 8.47. The highest BCUT2D eigenvalue weighted by Crippen LogP contribution is 2.20. The average Bonchev–Trinajstić information content (AvgIpc) is 2.26. The molecule has 0 aromatic rings. The maximum atomic E-state index is 12.0. The molecule has 98 valence electrons. The fraction of sp³-hybridized carbons (Fsp3) is 0.833. The van der Waals surface area contributed by atoms with Gasteiger partial charge >= 0.3 is 6.09 Å². The summed E-state index contributed by atoms with van der Waals surface area (Å²) in [7, 11) is 1.37. The number of rotatable bonds is 1. The van der Waals surface area contributed by atoms with Gasteiger partial charge in [-0.2, -0.15) is 0 Å². The number of hydrogen-bond donors (Lipinski definition) is 0. The lowest BCUT2D eigenvalue weighted by Crippen LogP contribution is -2.51. The van der Waals surface area contributed by atoms with Crippen LogP contribution >= 0.6 is 0 Å². The first-order valence-electron chi connectivity index (χ1n) is 5.94. The minimum Gasteiger partial charge on any atom is -0.453 e. The van der Waals surface area contributed by atoms with Gasteiger partial charge in [-0.1, -0.05) is 20.8 Å². The topological polar surface area (TPSA) is 49.9 Å². The van der Waals surface area contributed by atoms with E-state index in [1.165, 1.54) is 7.11 Å². The van der Waals surface area contributed by atoms with Crippen molar-refractivity contribution < 1.29 is 14.3 Å². The Kier molecular flexibility index (Phi) is 4.37. The van der Waals surface area contributed by atoms with Crippen LogP contribution < -0.4 is 0 Å². The van der Waals surface area contributed by atoms with E-state index in [-0.39, 0.29) is 17.4 Å². The molecule has 5 nitrogen and oxygen atoms in total. The molecule has 17 heavy (non-hydrogen) atoms. The van der Waals surface area contributed by atoms with Crippen molar-refractivity contribution in [3.63, 3.8) is 0 Å². The Bertz CT molecular complexity index is 289. The summed E-state index contributed by atoms with van der Waals surface area (Å²) in [6, 6.07) is 0. The van der Waals surface area contributed by atoms with Crippen molar-refractivity contribution in [3.05, 3.63) is 0 Å². The number of nitrogens with zero attached hydrogens (tertiary/aromatic N) is 2. The van der Waals surface area contributed by atoms with Crippen molar-refractivity contribution in [2.45, 2.75) is 27.2 Å². The van der Waals surface area contributed by atoms with Gasteiger partial charge in [0.15, 0.2) is 0 Å². The molecule has 1 saturated heterocycles. The molecule has 0 aromatic carbocycles. The third kappa shape index (κ3) is 4.24. The van der Waals surface area contributed by atoms with Crippen LogP contribution in [0.25, 0.3) is 0 Å². The maximum Gasteiger partial charge on any atom is 0.409 e. The van der Waals surface area contributed by atoms with Gasteiger partial charge in [-0.3, -0.25) is 4.79 Å². The van der Waals surface area contributed by atoms with Crippen molar-refractivity contribution in [2.75, 3.05) is 33.3 Å². The number of carbonyl (C=O) groups excluding carboxylic acids is 2. The van der Waals surface area contributed by atoms with E-state index in [1.807, 2.05) is 4.90 Å². The van der Waals surface area contributed by atoms with Gasteiger partial charge in [-0.15, -0.1) is 0 Å². The minimum atomic E-state index is -0.312. The van der Waals surface area contributed by atoms with Crippen LogP contribution in [0.2, 0.25) is 0 Å². The van der Waals surface area contributed by atoms with Crippen LogP contribution in [0.15, 0.2) is 0 Å². The first kappa shape index (κ1) is 13.8.